The van der Waals surface area contributed by atoms with Crippen LogP contribution in [0.1, 0.15) is 29.4 Å². The third kappa shape index (κ3) is 3.76. The minimum atomic E-state index is -0.236. The van der Waals surface area contributed by atoms with Crippen molar-refractivity contribution in [3.63, 3.8) is 0 Å². The molecule has 0 aliphatic rings. The summed E-state index contributed by atoms with van der Waals surface area (Å²) in [5, 5.41) is 0.486. The van der Waals surface area contributed by atoms with Crippen LogP contribution in [0.5, 0.6) is 11.8 Å². The van der Waals surface area contributed by atoms with Crippen molar-refractivity contribution in [3.8, 4) is 23.1 Å². The minimum Gasteiger partial charge on any atom is -0.452 e. The molecule has 0 radical (unpaired) electrons. The van der Waals surface area contributed by atoms with Crippen LogP contribution in [-0.2, 0) is 6.42 Å². The summed E-state index contributed by atoms with van der Waals surface area (Å²) < 4.78 is 12.1. The van der Waals surface area contributed by atoms with Gasteiger partial charge in [-0.25, -0.2) is 9.97 Å². The fourth-order valence-corrected chi connectivity index (χ4v) is 3.26. The summed E-state index contributed by atoms with van der Waals surface area (Å²) >= 11 is 0. The van der Waals surface area contributed by atoms with E-state index in [2.05, 4.69) is 9.97 Å². The van der Waals surface area contributed by atoms with E-state index in [-0.39, 0.29) is 17.2 Å². The third-order valence-corrected chi connectivity index (χ3v) is 4.79. The molecule has 0 bridgehead atoms. The zero-order valence-electron chi connectivity index (χ0n) is 16.9. The SMILES string of the molecule is CCc1ccc2oc(-c3ccc(C)cc3)c(Oc3nc(C)cc(C)n3)c(=O)c2c1. The summed E-state index contributed by atoms with van der Waals surface area (Å²) in [4.78, 5) is 22.0. The first kappa shape index (κ1) is 18.9. The Labute approximate surface area is 169 Å². The van der Waals surface area contributed by atoms with Gasteiger partial charge in [0.2, 0.25) is 11.2 Å². The molecule has 4 aromatic rings. The molecule has 0 amide bonds. The van der Waals surface area contributed by atoms with Crippen LogP contribution in [0.15, 0.2) is 57.7 Å². The van der Waals surface area contributed by atoms with E-state index in [9.17, 15) is 4.79 Å². The molecule has 0 N–H and O–H groups in total. The van der Waals surface area contributed by atoms with Crippen LogP contribution in [-0.4, -0.2) is 9.97 Å². The second-order valence-corrected chi connectivity index (χ2v) is 7.17. The number of rotatable bonds is 4. The summed E-state index contributed by atoms with van der Waals surface area (Å²) in [6, 6.07) is 15.4. The van der Waals surface area contributed by atoms with Gasteiger partial charge in [-0.3, -0.25) is 4.79 Å². The Hall–Kier alpha value is -3.47. The van der Waals surface area contributed by atoms with Gasteiger partial charge in [0.15, 0.2) is 5.76 Å². The van der Waals surface area contributed by atoms with Crippen molar-refractivity contribution in [3.05, 3.63) is 81.3 Å². The van der Waals surface area contributed by atoms with Crippen molar-refractivity contribution >= 4 is 11.0 Å². The largest absolute Gasteiger partial charge is 0.452 e. The molecule has 2 aromatic carbocycles. The monoisotopic (exact) mass is 386 g/mol. The van der Waals surface area contributed by atoms with Crippen LogP contribution in [0.4, 0.5) is 0 Å². The molecule has 146 valence electrons. The number of ether oxygens (including phenoxy) is 1. The Morgan fingerprint density at radius 1 is 0.931 bits per heavy atom. The standard InChI is InChI=1S/C24H22N2O3/c1-5-17-8-11-20-19(13-17)21(27)23(29-24-25-15(3)12-16(4)26-24)22(28-20)18-9-6-14(2)7-10-18/h6-13H,5H2,1-4H3. The van der Waals surface area contributed by atoms with Crippen LogP contribution in [0, 0.1) is 20.8 Å². The van der Waals surface area contributed by atoms with Crippen LogP contribution < -0.4 is 10.2 Å². The van der Waals surface area contributed by atoms with E-state index < -0.39 is 0 Å². The lowest BCUT2D eigenvalue weighted by molar-refractivity contribution is 0.421. The van der Waals surface area contributed by atoms with Gasteiger partial charge in [0.25, 0.3) is 0 Å². The third-order valence-electron chi connectivity index (χ3n) is 4.79. The number of hydrogen-bond acceptors (Lipinski definition) is 5. The van der Waals surface area contributed by atoms with E-state index >= 15 is 0 Å². The highest BCUT2D eigenvalue weighted by atomic mass is 16.5. The van der Waals surface area contributed by atoms with Gasteiger partial charge in [0.05, 0.1) is 5.39 Å². The van der Waals surface area contributed by atoms with Crippen LogP contribution in [0.3, 0.4) is 0 Å². The number of aryl methyl sites for hydroxylation is 4. The molecule has 29 heavy (non-hydrogen) atoms. The summed E-state index contributed by atoms with van der Waals surface area (Å²) in [7, 11) is 0. The van der Waals surface area contributed by atoms with Crippen LogP contribution >= 0.6 is 0 Å². The first-order valence-corrected chi connectivity index (χ1v) is 9.61. The Balaban J connectivity index is 1.97. The second kappa shape index (κ2) is 7.51. The fourth-order valence-electron chi connectivity index (χ4n) is 3.26. The molecule has 0 aliphatic heterocycles. The average molecular weight is 386 g/mol. The molecule has 0 atom stereocenters. The maximum Gasteiger partial charge on any atom is 0.322 e. The number of benzene rings is 2. The maximum atomic E-state index is 13.4. The molecule has 2 aromatic heterocycles. The van der Waals surface area contributed by atoms with E-state index in [4.69, 9.17) is 9.15 Å². The van der Waals surface area contributed by atoms with Crippen molar-refractivity contribution in [1.82, 2.24) is 9.97 Å². The van der Waals surface area contributed by atoms with Crippen molar-refractivity contribution in [2.45, 2.75) is 34.1 Å². The fraction of sp³-hybridized carbons (Fsp3) is 0.208. The summed E-state index contributed by atoms with van der Waals surface area (Å²) in [5.74, 6) is 0.467. The lowest BCUT2D eigenvalue weighted by atomic mass is 10.1. The zero-order chi connectivity index (χ0) is 20.5. The smallest absolute Gasteiger partial charge is 0.322 e. The molecule has 0 saturated heterocycles. The Kier molecular flexibility index (Phi) is 4.89. The molecule has 0 unspecified atom stereocenters. The van der Waals surface area contributed by atoms with Gasteiger partial charge in [0, 0.05) is 17.0 Å². The Morgan fingerprint density at radius 2 is 1.62 bits per heavy atom. The summed E-state index contributed by atoms with van der Waals surface area (Å²) in [5.41, 5.74) is 4.75. The van der Waals surface area contributed by atoms with E-state index in [1.54, 1.807) is 0 Å². The molecule has 0 saturated carbocycles. The van der Waals surface area contributed by atoms with E-state index in [1.807, 2.05) is 76.2 Å². The molecule has 0 fully saturated rings. The molecule has 5 nitrogen and oxygen atoms in total. The lowest BCUT2D eigenvalue weighted by Gasteiger charge is -2.12. The van der Waals surface area contributed by atoms with Crippen LogP contribution in [0.25, 0.3) is 22.3 Å². The summed E-state index contributed by atoms with van der Waals surface area (Å²) in [6.45, 7) is 7.77. The molecule has 0 aliphatic carbocycles. The van der Waals surface area contributed by atoms with Crippen molar-refractivity contribution < 1.29 is 9.15 Å². The zero-order valence-corrected chi connectivity index (χ0v) is 16.9. The molecule has 5 heteroatoms. The normalized spacial score (nSPS) is 11.0. The van der Waals surface area contributed by atoms with Gasteiger partial charge in [-0.05, 0) is 51.0 Å². The number of aromatic nitrogens is 2. The molecule has 4 rings (SSSR count). The van der Waals surface area contributed by atoms with Gasteiger partial charge in [-0.1, -0.05) is 42.8 Å². The van der Waals surface area contributed by atoms with Gasteiger partial charge >= 0.3 is 6.01 Å². The summed E-state index contributed by atoms with van der Waals surface area (Å²) in [6.07, 6.45) is 0.825. The first-order valence-electron chi connectivity index (χ1n) is 9.61. The topological polar surface area (TPSA) is 65.2 Å². The molecule has 0 spiro atoms. The highest BCUT2D eigenvalue weighted by Crippen LogP contribution is 2.33. The van der Waals surface area contributed by atoms with Gasteiger partial charge in [-0.15, -0.1) is 0 Å². The van der Waals surface area contributed by atoms with E-state index in [1.165, 1.54) is 0 Å². The molecule has 2 heterocycles. The van der Waals surface area contributed by atoms with Crippen molar-refractivity contribution in [2.24, 2.45) is 0 Å². The maximum absolute atomic E-state index is 13.4. The minimum absolute atomic E-state index is 0.0969. The number of fused-ring (bicyclic) bond motifs is 1. The Morgan fingerprint density at radius 3 is 2.28 bits per heavy atom. The van der Waals surface area contributed by atoms with E-state index in [0.717, 1.165) is 34.5 Å². The number of nitrogens with zero attached hydrogens (tertiary/aromatic N) is 2. The highest BCUT2D eigenvalue weighted by Gasteiger charge is 2.20. The quantitative estimate of drug-likeness (QED) is 0.461. The van der Waals surface area contributed by atoms with Gasteiger partial charge < -0.3 is 9.15 Å². The predicted molar refractivity (Wildman–Crippen MR) is 114 cm³/mol. The predicted octanol–water partition coefficient (Wildman–Crippen LogP) is 5.53. The van der Waals surface area contributed by atoms with E-state index in [0.29, 0.717) is 16.7 Å². The van der Waals surface area contributed by atoms with Gasteiger partial charge in [0.1, 0.15) is 5.58 Å². The number of hydrogen-bond donors (Lipinski definition) is 0. The average Bonchev–Trinajstić information content (AvgIpc) is 2.69. The van der Waals surface area contributed by atoms with Crippen LogP contribution in [0.2, 0.25) is 0 Å². The van der Waals surface area contributed by atoms with Crippen molar-refractivity contribution in [1.29, 1.82) is 0 Å². The van der Waals surface area contributed by atoms with Gasteiger partial charge in [-0.2, -0.15) is 0 Å². The first-order chi connectivity index (χ1) is 13.9. The lowest BCUT2D eigenvalue weighted by Crippen LogP contribution is -2.09. The molecular formula is C24H22N2O3. The second-order valence-electron chi connectivity index (χ2n) is 7.17. The Bertz CT molecular complexity index is 1240. The molecular weight excluding hydrogens is 364 g/mol. The van der Waals surface area contributed by atoms with Crippen molar-refractivity contribution in [2.75, 3.05) is 0 Å². The highest BCUT2D eigenvalue weighted by molar-refractivity contribution is 5.82.